The molecule has 1 saturated heterocycles. The number of carbonyl (C=O) groups excluding carboxylic acids is 1. The molecule has 3 heteroatoms. The lowest BCUT2D eigenvalue weighted by molar-refractivity contribution is -0.138. The molecule has 1 atom stereocenters. The first-order valence-corrected chi connectivity index (χ1v) is 13.3. The molecule has 176 valence electrons. The second-order valence-electron chi connectivity index (χ2n) is 9.14. The van der Waals surface area contributed by atoms with Crippen LogP contribution in [-0.2, 0) is 14.3 Å². The zero-order valence-electron chi connectivity index (χ0n) is 20.0. The maximum Gasteiger partial charge on any atom is 0.330 e. The van der Waals surface area contributed by atoms with Gasteiger partial charge in [-0.05, 0) is 12.8 Å². The number of rotatable bonds is 23. The molecule has 3 nitrogen and oxygen atoms in total. The molecule has 1 unspecified atom stereocenters. The first-order chi connectivity index (χ1) is 14.8. The fourth-order valence-corrected chi connectivity index (χ4v) is 3.91. The van der Waals surface area contributed by atoms with E-state index in [1.54, 1.807) is 6.08 Å². The van der Waals surface area contributed by atoms with Crippen molar-refractivity contribution in [3.05, 3.63) is 12.2 Å². The minimum atomic E-state index is -0.233. The van der Waals surface area contributed by atoms with Crippen molar-refractivity contribution in [2.24, 2.45) is 0 Å². The number of epoxide rings is 1. The molecule has 0 spiro atoms. The molecule has 1 aliphatic rings. The van der Waals surface area contributed by atoms with Crippen molar-refractivity contribution < 1.29 is 14.3 Å². The van der Waals surface area contributed by atoms with E-state index < -0.39 is 0 Å². The molecule has 0 aromatic rings. The fraction of sp³-hybridized carbons (Fsp3) is 0.889. The van der Waals surface area contributed by atoms with Gasteiger partial charge in [0.1, 0.15) is 12.7 Å². The molecular weight excluding hydrogens is 372 g/mol. The fourth-order valence-electron chi connectivity index (χ4n) is 3.91. The third kappa shape index (κ3) is 20.4. The van der Waals surface area contributed by atoms with Crippen LogP contribution in [0, 0.1) is 0 Å². The monoisotopic (exact) mass is 422 g/mol. The first kappa shape index (κ1) is 27.2. The summed E-state index contributed by atoms with van der Waals surface area (Å²) in [7, 11) is 0. The molecule has 0 bridgehead atoms. The second-order valence-corrected chi connectivity index (χ2v) is 9.14. The molecule has 0 aliphatic carbocycles. The normalized spacial score (nSPS) is 15.7. The Morgan fingerprint density at radius 1 is 0.733 bits per heavy atom. The van der Waals surface area contributed by atoms with E-state index in [9.17, 15) is 4.79 Å². The van der Waals surface area contributed by atoms with Crippen LogP contribution >= 0.6 is 0 Å². The Morgan fingerprint density at radius 2 is 1.13 bits per heavy atom. The summed E-state index contributed by atoms with van der Waals surface area (Å²) < 4.78 is 10.1. The van der Waals surface area contributed by atoms with E-state index in [1.807, 2.05) is 6.08 Å². The summed E-state index contributed by atoms with van der Waals surface area (Å²) in [6.07, 6.45) is 31.3. The Balaban J connectivity index is 1.66. The quantitative estimate of drug-likeness (QED) is 0.0719. The van der Waals surface area contributed by atoms with E-state index in [2.05, 4.69) is 6.92 Å². The molecule has 30 heavy (non-hydrogen) atoms. The highest BCUT2D eigenvalue weighted by molar-refractivity contribution is 5.81. The van der Waals surface area contributed by atoms with Crippen molar-refractivity contribution in [1.29, 1.82) is 0 Å². The largest absolute Gasteiger partial charge is 0.460 e. The van der Waals surface area contributed by atoms with Gasteiger partial charge in [-0.2, -0.15) is 0 Å². The Hall–Kier alpha value is -0.830. The van der Waals surface area contributed by atoms with E-state index in [1.165, 1.54) is 122 Å². The zero-order chi connectivity index (χ0) is 21.5. The minimum absolute atomic E-state index is 0.155. The highest BCUT2D eigenvalue weighted by Gasteiger charge is 2.23. The molecule has 1 heterocycles. The number of carbonyl (C=O) groups is 1. The van der Waals surface area contributed by atoms with Gasteiger partial charge in [-0.15, -0.1) is 0 Å². The summed E-state index contributed by atoms with van der Waals surface area (Å²) in [4.78, 5) is 11.4. The number of ether oxygens (including phenoxy) is 2. The van der Waals surface area contributed by atoms with Crippen molar-refractivity contribution in [1.82, 2.24) is 0 Å². The standard InChI is InChI=1S/C27H50O3/c1-2-3-4-5-6-7-8-9-10-11-12-13-14-15-16-17-18-19-20-21-22-23-27(28)30-25-26-24-29-26/h22-23,26H,2-21,24-25H2,1H3. The summed E-state index contributed by atoms with van der Waals surface area (Å²) in [6, 6.07) is 0. The van der Waals surface area contributed by atoms with Gasteiger partial charge in [-0.3, -0.25) is 0 Å². The van der Waals surface area contributed by atoms with Gasteiger partial charge in [0.15, 0.2) is 0 Å². The van der Waals surface area contributed by atoms with Crippen LogP contribution in [0.2, 0.25) is 0 Å². The zero-order valence-corrected chi connectivity index (χ0v) is 20.0. The summed E-state index contributed by atoms with van der Waals surface area (Å²) in [6.45, 7) is 3.43. The van der Waals surface area contributed by atoms with Crippen molar-refractivity contribution in [2.75, 3.05) is 13.2 Å². The number of esters is 1. The molecule has 0 aromatic carbocycles. The minimum Gasteiger partial charge on any atom is -0.460 e. The van der Waals surface area contributed by atoms with E-state index in [0.717, 1.165) is 13.0 Å². The van der Waals surface area contributed by atoms with Crippen molar-refractivity contribution in [2.45, 2.75) is 141 Å². The Bertz CT molecular complexity index is 401. The molecule has 0 aromatic heterocycles. The molecule has 0 N–H and O–H groups in total. The van der Waals surface area contributed by atoms with Gasteiger partial charge >= 0.3 is 5.97 Å². The number of hydrogen-bond acceptors (Lipinski definition) is 3. The van der Waals surface area contributed by atoms with Crippen LogP contribution in [0.3, 0.4) is 0 Å². The van der Waals surface area contributed by atoms with Gasteiger partial charge < -0.3 is 9.47 Å². The van der Waals surface area contributed by atoms with Crippen LogP contribution in [0.25, 0.3) is 0 Å². The lowest BCUT2D eigenvalue weighted by atomic mass is 10.0. The van der Waals surface area contributed by atoms with Gasteiger partial charge in [0.25, 0.3) is 0 Å². The summed E-state index contributed by atoms with van der Waals surface area (Å²) in [5.74, 6) is -0.233. The van der Waals surface area contributed by atoms with Crippen molar-refractivity contribution in [3.8, 4) is 0 Å². The van der Waals surface area contributed by atoms with E-state index >= 15 is 0 Å². The summed E-state index contributed by atoms with van der Waals surface area (Å²) in [5, 5.41) is 0. The predicted octanol–water partition coefficient (Wildman–Crippen LogP) is 8.31. The van der Waals surface area contributed by atoms with Gasteiger partial charge in [0.2, 0.25) is 0 Å². The van der Waals surface area contributed by atoms with Crippen LogP contribution in [-0.4, -0.2) is 25.3 Å². The SMILES string of the molecule is CCCCCCCCCCCCCCCCCCCCCC=CC(=O)OCC1CO1. The van der Waals surface area contributed by atoms with Gasteiger partial charge in [0, 0.05) is 6.08 Å². The topological polar surface area (TPSA) is 38.8 Å². The summed E-state index contributed by atoms with van der Waals surface area (Å²) >= 11 is 0. The molecule has 1 fully saturated rings. The molecule has 1 aliphatic heterocycles. The lowest BCUT2D eigenvalue weighted by Gasteiger charge is -2.03. The van der Waals surface area contributed by atoms with Gasteiger partial charge in [-0.25, -0.2) is 4.79 Å². The van der Waals surface area contributed by atoms with Crippen LogP contribution < -0.4 is 0 Å². The predicted molar refractivity (Wildman–Crippen MR) is 128 cm³/mol. The van der Waals surface area contributed by atoms with Crippen LogP contribution in [0.5, 0.6) is 0 Å². The van der Waals surface area contributed by atoms with E-state index in [4.69, 9.17) is 9.47 Å². The number of hydrogen-bond donors (Lipinski definition) is 0. The lowest BCUT2D eigenvalue weighted by Crippen LogP contribution is -2.06. The average Bonchev–Trinajstić information content (AvgIpc) is 3.58. The smallest absolute Gasteiger partial charge is 0.330 e. The Labute approximate surface area is 187 Å². The average molecular weight is 423 g/mol. The first-order valence-electron chi connectivity index (χ1n) is 13.3. The second kappa shape index (κ2) is 21.4. The third-order valence-corrected chi connectivity index (χ3v) is 6.04. The Kier molecular flexibility index (Phi) is 19.4. The van der Waals surface area contributed by atoms with Crippen LogP contribution in [0.15, 0.2) is 12.2 Å². The number of unbranched alkanes of at least 4 members (excludes halogenated alkanes) is 19. The van der Waals surface area contributed by atoms with Crippen LogP contribution in [0.4, 0.5) is 0 Å². The molecule has 0 amide bonds. The summed E-state index contributed by atoms with van der Waals surface area (Å²) in [5.41, 5.74) is 0. The third-order valence-electron chi connectivity index (χ3n) is 6.04. The van der Waals surface area contributed by atoms with Gasteiger partial charge in [0.05, 0.1) is 6.61 Å². The number of allylic oxidation sites excluding steroid dienone is 1. The van der Waals surface area contributed by atoms with Crippen LogP contribution in [0.1, 0.15) is 135 Å². The van der Waals surface area contributed by atoms with E-state index in [-0.39, 0.29) is 12.1 Å². The highest BCUT2D eigenvalue weighted by atomic mass is 16.6. The maximum absolute atomic E-state index is 11.4. The van der Waals surface area contributed by atoms with Gasteiger partial charge in [-0.1, -0.05) is 129 Å². The Morgan fingerprint density at radius 3 is 1.53 bits per heavy atom. The van der Waals surface area contributed by atoms with E-state index in [0.29, 0.717) is 6.61 Å². The molecule has 0 saturated carbocycles. The van der Waals surface area contributed by atoms with Crippen molar-refractivity contribution in [3.63, 3.8) is 0 Å². The maximum atomic E-state index is 11.4. The highest BCUT2D eigenvalue weighted by Crippen LogP contribution is 2.15. The molecular formula is C27H50O3. The van der Waals surface area contributed by atoms with Crippen molar-refractivity contribution >= 4 is 5.97 Å². The molecule has 1 rings (SSSR count). The molecule has 0 radical (unpaired) electrons.